The first-order valence-corrected chi connectivity index (χ1v) is 8.87. The van der Waals surface area contributed by atoms with Gasteiger partial charge in [0.05, 0.1) is 6.61 Å². The van der Waals surface area contributed by atoms with Crippen LogP contribution in [-0.2, 0) is 4.74 Å². The van der Waals surface area contributed by atoms with Crippen molar-refractivity contribution in [3.63, 3.8) is 0 Å². The Hall–Kier alpha value is -1.08. The van der Waals surface area contributed by atoms with Crippen LogP contribution in [0.15, 0.2) is 18.2 Å². The number of likely N-dealkylation sites (tertiary alicyclic amines) is 1. The van der Waals surface area contributed by atoms with Gasteiger partial charge in [-0.3, -0.25) is 4.90 Å². The van der Waals surface area contributed by atoms with Crippen LogP contribution in [0.5, 0.6) is 0 Å². The Kier molecular flexibility index (Phi) is 4.56. The van der Waals surface area contributed by atoms with E-state index in [2.05, 4.69) is 15.5 Å². The van der Waals surface area contributed by atoms with Crippen molar-refractivity contribution >= 4 is 0 Å². The zero-order valence-corrected chi connectivity index (χ0v) is 14.0. The average Bonchev–Trinajstić information content (AvgIpc) is 3.20. The maximum absolute atomic E-state index is 14.1. The maximum Gasteiger partial charge on any atom is 0.129 e. The molecule has 5 atom stereocenters. The van der Waals surface area contributed by atoms with Gasteiger partial charge in [-0.2, -0.15) is 0 Å². The van der Waals surface area contributed by atoms with E-state index in [1.807, 2.05) is 7.05 Å². The summed E-state index contributed by atoms with van der Waals surface area (Å²) in [7, 11) is 1.87. The summed E-state index contributed by atoms with van der Waals surface area (Å²) in [6, 6.07) is 4.51. The lowest BCUT2D eigenvalue weighted by atomic mass is 9.92. The summed E-state index contributed by atoms with van der Waals surface area (Å²) < 4.78 is 33.7. The van der Waals surface area contributed by atoms with Crippen molar-refractivity contribution in [3.8, 4) is 0 Å². The second kappa shape index (κ2) is 6.67. The van der Waals surface area contributed by atoms with E-state index in [1.54, 1.807) is 0 Å². The summed E-state index contributed by atoms with van der Waals surface area (Å²) in [5.74, 6) is -0.0795. The molecule has 132 valence electrons. The van der Waals surface area contributed by atoms with Crippen LogP contribution in [0.1, 0.15) is 24.5 Å². The van der Waals surface area contributed by atoms with Gasteiger partial charge < -0.3 is 15.4 Å². The van der Waals surface area contributed by atoms with Crippen molar-refractivity contribution in [3.05, 3.63) is 35.4 Å². The van der Waals surface area contributed by atoms with Crippen LogP contribution in [0, 0.1) is 17.6 Å². The molecule has 3 saturated heterocycles. The Balaban J connectivity index is 1.50. The minimum absolute atomic E-state index is 0.0199. The Bertz CT molecular complexity index is 600. The van der Waals surface area contributed by atoms with Crippen LogP contribution in [0.25, 0.3) is 0 Å². The minimum Gasteiger partial charge on any atom is -0.370 e. The van der Waals surface area contributed by atoms with Gasteiger partial charge in [-0.25, -0.2) is 8.78 Å². The van der Waals surface area contributed by atoms with Gasteiger partial charge in [-0.1, -0.05) is 0 Å². The van der Waals surface area contributed by atoms with Crippen molar-refractivity contribution in [2.24, 2.45) is 5.92 Å². The number of nitrogens with one attached hydrogen (secondary N) is 2. The predicted octanol–water partition coefficient (Wildman–Crippen LogP) is 1.68. The summed E-state index contributed by atoms with van der Waals surface area (Å²) in [6.45, 7) is 3.84. The monoisotopic (exact) mass is 337 g/mol. The van der Waals surface area contributed by atoms with E-state index < -0.39 is 17.7 Å². The summed E-state index contributed by atoms with van der Waals surface area (Å²) in [5, 5.41) is 6.73. The van der Waals surface area contributed by atoms with E-state index in [0.29, 0.717) is 24.3 Å². The highest BCUT2D eigenvalue weighted by Gasteiger charge is 2.44. The fraction of sp³-hybridized carbons (Fsp3) is 0.667. The lowest BCUT2D eigenvalue weighted by Crippen LogP contribution is -2.52. The topological polar surface area (TPSA) is 36.5 Å². The molecule has 3 heterocycles. The highest BCUT2D eigenvalue weighted by molar-refractivity contribution is 5.23. The van der Waals surface area contributed by atoms with E-state index in [-0.39, 0.29) is 6.04 Å². The summed E-state index contributed by atoms with van der Waals surface area (Å²) in [6.07, 6.45) is 1.68. The number of hydrogen-bond donors (Lipinski definition) is 2. The van der Waals surface area contributed by atoms with Crippen LogP contribution >= 0.6 is 0 Å². The van der Waals surface area contributed by atoms with Crippen LogP contribution < -0.4 is 10.6 Å². The fourth-order valence-corrected chi connectivity index (χ4v) is 4.69. The standard InChI is InChI=1S/C18H25F2N3O/c1-21-16-7-13(23-5-4-11-8-22-9-17(11)23)10-24-18(16)14-6-12(19)2-3-15(14)20/h2-3,6,11,13,16-18,21-22H,4-5,7-10H2,1H3/t11?,13?,16?,17?,18-/m1/s1. The van der Waals surface area contributed by atoms with Crippen molar-refractivity contribution in [1.29, 1.82) is 0 Å². The van der Waals surface area contributed by atoms with Crippen LogP contribution in [-0.4, -0.2) is 56.3 Å². The molecule has 0 bridgehead atoms. The molecule has 24 heavy (non-hydrogen) atoms. The molecule has 4 rings (SSSR count). The first-order chi connectivity index (χ1) is 11.7. The number of ether oxygens (including phenoxy) is 1. The normalized spacial score (nSPS) is 36.9. The van der Waals surface area contributed by atoms with Gasteiger partial charge in [0.2, 0.25) is 0 Å². The molecule has 0 saturated carbocycles. The number of fused-ring (bicyclic) bond motifs is 1. The van der Waals surface area contributed by atoms with Gasteiger partial charge in [-0.05, 0) is 57.1 Å². The van der Waals surface area contributed by atoms with Crippen molar-refractivity contribution in [1.82, 2.24) is 15.5 Å². The Labute approximate surface area is 141 Å². The third-order valence-electron chi connectivity index (χ3n) is 5.95. The summed E-state index contributed by atoms with van der Waals surface area (Å²) in [4.78, 5) is 2.56. The predicted molar refractivity (Wildman–Crippen MR) is 87.8 cm³/mol. The van der Waals surface area contributed by atoms with Crippen LogP contribution in [0.4, 0.5) is 8.78 Å². The molecule has 4 unspecified atom stereocenters. The third kappa shape index (κ3) is 2.86. The number of nitrogens with zero attached hydrogens (tertiary/aromatic N) is 1. The first kappa shape index (κ1) is 16.4. The maximum atomic E-state index is 14.1. The van der Waals surface area contributed by atoms with E-state index in [1.165, 1.54) is 18.6 Å². The molecule has 1 aromatic rings. The van der Waals surface area contributed by atoms with Gasteiger partial charge in [0, 0.05) is 30.2 Å². The Morgan fingerprint density at radius 3 is 3.00 bits per heavy atom. The highest BCUT2D eigenvalue weighted by Crippen LogP contribution is 2.36. The van der Waals surface area contributed by atoms with E-state index in [9.17, 15) is 8.78 Å². The minimum atomic E-state index is -0.443. The zero-order chi connectivity index (χ0) is 16.7. The van der Waals surface area contributed by atoms with Gasteiger partial charge in [0.15, 0.2) is 0 Å². The molecule has 3 aliphatic heterocycles. The second-order valence-electron chi connectivity index (χ2n) is 7.22. The fourth-order valence-electron chi connectivity index (χ4n) is 4.69. The molecule has 0 aromatic heterocycles. The van der Waals surface area contributed by atoms with E-state index >= 15 is 0 Å². The molecular weight excluding hydrogens is 312 g/mol. The van der Waals surface area contributed by atoms with Crippen molar-refractivity contribution < 1.29 is 13.5 Å². The molecule has 0 spiro atoms. The number of likely N-dealkylation sites (N-methyl/N-ethyl adjacent to an activating group) is 1. The molecule has 1 aromatic carbocycles. The smallest absolute Gasteiger partial charge is 0.129 e. The number of hydrogen-bond acceptors (Lipinski definition) is 4. The molecule has 2 N–H and O–H groups in total. The van der Waals surface area contributed by atoms with Gasteiger partial charge >= 0.3 is 0 Å². The molecule has 6 heteroatoms. The largest absolute Gasteiger partial charge is 0.370 e. The lowest BCUT2D eigenvalue weighted by Gasteiger charge is -2.42. The molecule has 0 amide bonds. The van der Waals surface area contributed by atoms with Gasteiger partial charge in [0.1, 0.15) is 17.7 Å². The third-order valence-corrected chi connectivity index (χ3v) is 5.95. The second-order valence-corrected chi connectivity index (χ2v) is 7.22. The van der Waals surface area contributed by atoms with Gasteiger partial charge in [0.25, 0.3) is 0 Å². The summed E-state index contributed by atoms with van der Waals surface area (Å²) in [5.41, 5.74) is 0.314. The van der Waals surface area contributed by atoms with E-state index in [4.69, 9.17) is 4.74 Å². The number of benzene rings is 1. The number of rotatable bonds is 3. The zero-order valence-electron chi connectivity index (χ0n) is 14.0. The highest BCUT2D eigenvalue weighted by atomic mass is 19.1. The average molecular weight is 337 g/mol. The van der Waals surface area contributed by atoms with Crippen molar-refractivity contribution in [2.75, 3.05) is 33.3 Å². The molecule has 0 radical (unpaired) electrons. The quantitative estimate of drug-likeness (QED) is 0.880. The molecule has 4 nitrogen and oxygen atoms in total. The SMILES string of the molecule is CNC1CC(N2CCC3CNCC32)CO[C@@H]1c1cc(F)ccc1F. The molecular formula is C18H25F2N3O. The van der Waals surface area contributed by atoms with Crippen LogP contribution in [0.3, 0.4) is 0 Å². The molecule has 0 aliphatic carbocycles. The van der Waals surface area contributed by atoms with Crippen molar-refractivity contribution in [2.45, 2.75) is 37.1 Å². The molecule has 3 fully saturated rings. The summed E-state index contributed by atoms with van der Waals surface area (Å²) >= 11 is 0. The van der Waals surface area contributed by atoms with E-state index in [0.717, 1.165) is 38.0 Å². The Morgan fingerprint density at radius 1 is 1.29 bits per heavy atom. The van der Waals surface area contributed by atoms with Crippen LogP contribution in [0.2, 0.25) is 0 Å². The first-order valence-electron chi connectivity index (χ1n) is 8.87. The lowest BCUT2D eigenvalue weighted by molar-refractivity contribution is -0.0611. The van der Waals surface area contributed by atoms with Gasteiger partial charge in [-0.15, -0.1) is 0 Å². The molecule has 3 aliphatic rings. The number of halogens is 2. The Morgan fingerprint density at radius 2 is 2.17 bits per heavy atom.